The quantitative estimate of drug-likeness (QED) is 0.801. The molecule has 5 nitrogen and oxygen atoms in total. The van der Waals surface area contributed by atoms with Gasteiger partial charge in [0.25, 0.3) is 0 Å². The lowest BCUT2D eigenvalue weighted by Gasteiger charge is -2.30. The number of amides is 1. The van der Waals surface area contributed by atoms with Crippen LogP contribution in [-0.4, -0.2) is 36.7 Å². The zero-order valence-corrected chi connectivity index (χ0v) is 12.0. The number of ether oxygens (including phenoxy) is 2. The second kappa shape index (κ2) is 5.76. The Morgan fingerprint density at radius 1 is 1.24 bits per heavy atom. The van der Waals surface area contributed by atoms with Gasteiger partial charge in [-0.3, -0.25) is 4.79 Å². The highest BCUT2D eigenvalue weighted by atomic mass is 16.6. The van der Waals surface area contributed by atoms with E-state index in [0.29, 0.717) is 12.5 Å². The second-order valence-electron chi connectivity index (χ2n) is 5.73. The number of nitrogens with zero attached hydrogens (tertiary/aromatic N) is 1. The Morgan fingerprint density at radius 2 is 2.00 bits per heavy atom. The highest BCUT2D eigenvalue weighted by Crippen LogP contribution is 2.42. The van der Waals surface area contributed by atoms with E-state index >= 15 is 0 Å². The Balaban J connectivity index is 1.59. The van der Waals surface area contributed by atoms with Crippen molar-refractivity contribution >= 4 is 12.1 Å². The molecule has 1 saturated heterocycles. The molecule has 1 aromatic carbocycles. The van der Waals surface area contributed by atoms with Crippen LogP contribution in [0.4, 0.5) is 4.79 Å². The van der Waals surface area contributed by atoms with E-state index < -0.39 is 0 Å². The number of fused-ring (bicyclic) bond motifs is 2. The summed E-state index contributed by atoms with van der Waals surface area (Å²) in [5.74, 6) is -0.0236. The smallest absolute Gasteiger partial charge is 0.410 e. The molecule has 2 aliphatic rings. The van der Waals surface area contributed by atoms with Gasteiger partial charge in [0, 0.05) is 12.6 Å². The van der Waals surface area contributed by atoms with Crippen LogP contribution in [0.15, 0.2) is 30.3 Å². The maximum atomic E-state index is 12.2. The molecule has 0 unspecified atom stereocenters. The summed E-state index contributed by atoms with van der Waals surface area (Å²) in [6.07, 6.45) is 1.36. The molecule has 2 bridgehead atoms. The molecule has 0 spiro atoms. The molecule has 0 aromatic heterocycles. The molecular weight excluding hydrogens is 270 g/mol. The van der Waals surface area contributed by atoms with Crippen LogP contribution in [0, 0.1) is 11.8 Å². The minimum Gasteiger partial charge on any atom is -0.469 e. The van der Waals surface area contributed by atoms with E-state index in [4.69, 9.17) is 9.47 Å². The number of hydrogen-bond acceptors (Lipinski definition) is 4. The highest BCUT2D eigenvalue weighted by molar-refractivity contribution is 5.76. The van der Waals surface area contributed by atoms with Gasteiger partial charge >= 0.3 is 12.1 Å². The third-order valence-electron chi connectivity index (χ3n) is 4.43. The van der Waals surface area contributed by atoms with Crippen molar-refractivity contribution in [3.63, 3.8) is 0 Å². The molecule has 1 aromatic rings. The number of carbonyl (C=O) groups excluding carboxylic acids is 2. The zero-order chi connectivity index (χ0) is 14.8. The van der Waals surface area contributed by atoms with Gasteiger partial charge in [-0.2, -0.15) is 0 Å². The van der Waals surface area contributed by atoms with Crippen molar-refractivity contribution < 1.29 is 19.1 Å². The number of carbonyl (C=O) groups is 2. The van der Waals surface area contributed by atoms with E-state index in [1.54, 1.807) is 4.90 Å². The molecule has 112 valence electrons. The zero-order valence-electron chi connectivity index (χ0n) is 12.0. The third-order valence-corrected chi connectivity index (χ3v) is 4.43. The predicted molar refractivity (Wildman–Crippen MR) is 75.4 cm³/mol. The Morgan fingerprint density at radius 3 is 2.67 bits per heavy atom. The van der Waals surface area contributed by atoms with Gasteiger partial charge in [-0.1, -0.05) is 30.3 Å². The molecule has 21 heavy (non-hydrogen) atoms. The fourth-order valence-electron chi connectivity index (χ4n) is 3.44. The molecule has 5 heteroatoms. The summed E-state index contributed by atoms with van der Waals surface area (Å²) in [5, 5.41) is 0. The summed E-state index contributed by atoms with van der Waals surface area (Å²) < 4.78 is 10.2. The summed E-state index contributed by atoms with van der Waals surface area (Å²) in [6.45, 7) is 0.947. The summed E-state index contributed by atoms with van der Waals surface area (Å²) in [5.41, 5.74) is 0.958. The van der Waals surface area contributed by atoms with Gasteiger partial charge in [-0.05, 0) is 24.3 Å². The molecule has 1 aliphatic heterocycles. The number of piperidine rings is 1. The molecule has 1 amide bonds. The number of rotatable bonds is 3. The fraction of sp³-hybridized carbons (Fsp3) is 0.500. The molecule has 1 saturated carbocycles. The number of benzene rings is 1. The molecule has 0 N–H and O–H groups in total. The highest BCUT2D eigenvalue weighted by Gasteiger charge is 2.50. The van der Waals surface area contributed by atoms with E-state index in [1.165, 1.54) is 7.11 Å². The first kappa shape index (κ1) is 13.9. The van der Waals surface area contributed by atoms with Crippen LogP contribution in [0.25, 0.3) is 0 Å². The Bertz CT molecular complexity index is 530. The lowest BCUT2D eigenvalue weighted by Crippen LogP contribution is -2.45. The first-order chi connectivity index (χ1) is 10.2. The van der Waals surface area contributed by atoms with Crippen LogP contribution < -0.4 is 0 Å². The third kappa shape index (κ3) is 2.73. The first-order valence-electron chi connectivity index (χ1n) is 7.24. The van der Waals surface area contributed by atoms with E-state index in [2.05, 4.69) is 0 Å². The molecule has 3 rings (SSSR count). The van der Waals surface area contributed by atoms with Crippen molar-refractivity contribution in [2.75, 3.05) is 13.7 Å². The summed E-state index contributed by atoms with van der Waals surface area (Å²) in [7, 11) is 1.40. The summed E-state index contributed by atoms with van der Waals surface area (Å²) in [6, 6.07) is 9.51. The van der Waals surface area contributed by atoms with Gasteiger partial charge in [0.2, 0.25) is 0 Å². The number of likely N-dealkylation sites (tertiary alicyclic amines) is 1. The van der Waals surface area contributed by atoms with Crippen LogP contribution in [0.2, 0.25) is 0 Å². The van der Waals surface area contributed by atoms with Crippen LogP contribution >= 0.6 is 0 Å². The first-order valence-corrected chi connectivity index (χ1v) is 7.24. The van der Waals surface area contributed by atoms with Crippen molar-refractivity contribution in [2.45, 2.75) is 25.5 Å². The van der Waals surface area contributed by atoms with Crippen molar-refractivity contribution in [3.05, 3.63) is 35.9 Å². The van der Waals surface area contributed by atoms with Crippen molar-refractivity contribution in [1.29, 1.82) is 0 Å². The molecule has 1 heterocycles. The van der Waals surface area contributed by atoms with Crippen molar-refractivity contribution in [3.8, 4) is 0 Å². The number of esters is 1. The molecule has 0 radical (unpaired) electrons. The molecule has 3 atom stereocenters. The predicted octanol–water partition coefficient (Wildman–Crippen LogP) is 2.21. The Labute approximate surface area is 123 Å². The van der Waals surface area contributed by atoms with Crippen molar-refractivity contribution in [2.24, 2.45) is 11.8 Å². The van der Waals surface area contributed by atoms with E-state index in [0.717, 1.165) is 18.4 Å². The van der Waals surface area contributed by atoms with Gasteiger partial charge in [0.15, 0.2) is 0 Å². The van der Waals surface area contributed by atoms with Crippen molar-refractivity contribution in [1.82, 2.24) is 4.90 Å². The van der Waals surface area contributed by atoms with Gasteiger partial charge < -0.3 is 14.4 Å². The lowest BCUT2D eigenvalue weighted by molar-refractivity contribution is -0.147. The lowest BCUT2D eigenvalue weighted by atomic mass is 9.99. The topological polar surface area (TPSA) is 55.8 Å². The van der Waals surface area contributed by atoms with Gasteiger partial charge in [0.1, 0.15) is 6.61 Å². The minimum atomic E-state index is -0.333. The SMILES string of the molecule is COC(=O)[C@H]1C[C@H]2C[C@@H]1N(C(=O)OCc1ccccc1)C2. The van der Waals surface area contributed by atoms with Crippen LogP contribution in [0.5, 0.6) is 0 Å². The Kier molecular flexibility index (Phi) is 3.82. The number of methoxy groups -OCH3 is 1. The summed E-state index contributed by atoms with van der Waals surface area (Å²) in [4.78, 5) is 25.7. The van der Waals surface area contributed by atoms with Crippen LogP contribution in [0.1, 0.15) is 18.4 Å². The normalized spacial score (nSPS) is 26.7. The fourth-order valence-corrected chi connectivity index (χ4v) is 3.44. The van der Waals surface area contributed by atoms with E-state index in [9.17, 15) is 9.59 Å². The largest absolute Gasteiger partial charge is 0.469 e. The van der Waals surface area contributed by atoms with Crippen LogP contribution in [0.3, 0.4) is 0 Å². The standard InChI is InChI=1S/C16H19NO4/c1-20-15(18)13-7-12-8-14(13)17(9-12)16(19)21-10-11-5-3-2-4-6-11/h2-6,12-14H,7-10H2,1H3/t12-,13-,14-/m0/s1. The van der Waals surface area contributed by atoms with Gasteiger partial charge in [-0.15, -0.1) is 0 Å². The molecular formula is C16H19NO4. The monoisotopic (exact) mass is 289 g/mol. The minimum absolute atomic E-state index is 0.0641. The molecule has 1 aliphatic carbocycles. The van der Waals surface area contributed by atoms with Gasteiger partial charge in [0.05, 0.1) is 13.0 Å². The van der Waals surface area contributed by atoms with Gasteiger partial charge in [-0.25, -0.2) is 4.79 Å². The maximum Gasteiger partial charge on any atom is 0.410 e. The maximum absolute atomic E-state index is 12.2. The second-order valence-corrected chi connectivity index (χ2v) is 5.73. The van der Waals surface area contributed by atoms with E-state index in [1.807, 2.05) is 30.3 Å². The Hall–Kier alpha value is -2.04. The average Bonchev–Trinajstić information content (AvgIpc) is 3.13. The molecule has 2 fully saturated rings. The number of hydrogen-bond donors (Lipinski definition) is 0. The summed E-state index contributed by atoms with van der Waals surface area (Å²) >= 11 is 0. The average molecular weight is 289 g/mol. The van der Waals surface area contributed by atoms with Crippen LogP contribution in [-0.2, 0) is 20.9 Å². The van der Waals surface area contributed by atoms with E-state index in [-0.39, 0.29) is 30.6 Å².